The largest absolute Gasteiger partial charge is 0.459 e. The number of carbonyl (C=O) groups excluding carboxylic acids is 3. The lowest BCUT2D eigenvalue weighted by atomic mass is 9.88. The Balaban J connectivity index is 3.48. The Labute approximate surface area is 205 Å². The minimum Gasteiger partial charge on any atom is -0.459 e. The Morgan fingerprint density at radius 2 is 1.68 bits per heavy atom. The lowest BCUT2D eigenvalue weighted by Crippen LogP contribution is -2.57. The van der Waals surface area contributed by atoms with Crippen molar-refractivity contribution >= 4 is 17.8 Å². The molecule has 0 aliphatic carbocycles. The Morgan fingerprint density at radius 3 is 2.12 bits per heavy atom. The van der Waals surface area contributed by atoms with Crippen LogP contribution in [0, 0.1) is 11.8 Å². The standard InChI is InChI=1S/C26H46N2O6/c1-11-13-18-14-20(23(30)33-25(4,5)6)28(16-18)22(24(31)34-26(7,8)9)19(12-2)21(32-10)15-27-17(3)29/h11,13,18-22H,12,14-16H2,1-10H3,(H,27,29)/t18?,19-,20?,21?,22+/m0/s1. The van der Waals surface area contributed by atoms with Gasteiger partial charge in [0.1, 0.15) is 23.3 Å². The van der Waals surface area contributed by atoms with Crippen molar-refractivity contribution in [1.29, 1.82) is 0 Å². The van der Waals surface area contributed by atoms with Crippen molar-refractivity contribution in [1.82, 2.24) is 10.2 Å². The van der Waals surface area contributed by atoms with E-state index in [1.54, 1.807) is 7.11 Å². The van der Waals surface area contributed by atoms with Gasteiger partial charge >= 0.3 is 11.9 Å². The van der Waals surface area contributed by atoms with Crippen LogP contribution in [-0.2, 0) is 28.6 Å². The zero-order chi connectivity index (χ0) is 26.3. The Bertz CT molecular complexity index is 722. The molecule has 0 aromatic carbocycles. The molecule has 8 heteroatoms. The molecule has 0 aromatic rings. The van der Waals surface area contributed by atoms with Crippen LogP contribution in [-0.4, -0.2) is 72.3 Å². The smallest absolute Gasteiger partial charge is 0.324 e. The Kier molecular flexibility index (Phi) is 11.2. The van der Waals surface area contributed by atoms with Gasteiger partial charge in [-0.15, -0.1) is 0 Å². The summed E-state index contributed by atoms with van der Waals surface area (Å²) in [5.41, 5.74) is -1.34. The number of rotatable bonds is 10. The van der Waals surface area contributed by atoms with Gasteiger partial charge in [0.15, 0.2) is 0 Å². The van der Waals surface area contributed by atoms with Gasteiger partial charge in [-0.1, -0.05) is 19.1 Å². The van der Waals surface area contributed by atoms with E-state index in [2.05, 4.69) is 11.4 Å². The van der Waals surface area contributed by atoms with Gasteiger partial charge in [0, 0.05) is 33.0 Å². The summed E-state index contributed by atoms with van der Waals surface area (Å²) in [4.78, 5) is 40.4. The number of nitrogens with one attached hydrogen (secondary N) is 1. The maximum Gasteiger partial charge on any atom is 0.324 e. The van der Waals surface area contributed by atoms with Crippen LogP contribution < -0.4 is 5.32 Å². The molecule has 1 fully saturated rings. The molecule has 5 atom stereocenters. The van der Waals surface area contributed by atoms with E-state index in [1.165, 1.54) is 6.92 Å². The molecule has 1 N–H and O–H groups in total. The number of amides is 1. The predicted octanol–water partition coefficient (Wildman–Crippen LogP) is 3.48. The third-order valence-electron chi connectivity index (χ3n) is 5.73. The lowest BCUT2D eigenvalue weighted by Gasteiger charge is -2.40. The zero-order valence-electron chi connectivity index (χ0n) is 22.8. The van der Waals surface area contributed by atoms with E-state index in [0.29, 0.717) is 19.4 Å². The van der Waals surface area contributed by atoms with Crippen LogP contribution in [0.4, 0.5) is 0 Å². The molecule has 196 valence electrons. The Hall–Kier alpha value is -1.93. The van der Waals surface area contributed by atoms with Gasteiger partial charge in [-0.2, -0.15) is 0 Å². The maximum absolute atomic E-state index is 13.6. The average molecular weight is 483 g/mol. The first-order valence-corrected chi connectivity index (χ1v) is 12.2. The van der Waals surface area contributed by atoms with Gasteiger partial charge in [0.2, 0.25) is 5.91 Å². The highest BCUT2D eigenvalue weighted by Gasteiger charge is 2.49. The van der Waals surface area contributed by atoms with E-state index in [4.69, 9.17) is 14.2 Å². The topological polar surface area (TPSA) is 94.2 Å². The van der Waals surface area contributed by atoms with Crippen molar-refractivity contribution in [3.63, 3.8) is 0 Å². The first kappa shape index (κ1) is 30.1. The number of nitrogens with zero attached hydrogens (tertiary/aromatic N) is 1. The van der Waals surface area contributed by atoms with E-state index in [-0.39, 0.29) is 30.3 Å². The number of hydrogen-bond acceptors (Lipinski definition) is 7. The normalized spacial score (nSPS) is 22.3. The van der Waals surface area contributed by atoms with Crippen LogP contribution in [0.1, 0.15) is 75.2 Å². The second-order valence-corrected chi connectivity index (χ2v) is 11.0. The molecular formula is C26H46N2O6. The van der Waals surface area contributed by atoms with Gasteiger partial charge in [0.25, 0.3) is 0 Å². The number of carbonyl (C=O) groups is 3. The van der Waals surface area contributed by atoms with E-state index in [1.807, 2.05) is 66.4 Å². The van der Waals surface area contributed by atoms with E-state index in [0.717, 1.165) is 0 Å². The first-order valence-electron chi connectivity index (χ1n) is 12.2. The number of methoxy groups -OCH3 is 1. The second kappa shape index (κ2) is 12.7. The summed E-state index contributed by atoms with van der Waals surface area (Å²) in [5.74, 6) is -1.15. The van der Waals surface area contributed by atoms with Crippen molar-refractivity contribution in [3.8, 4) is 0 Å². The van der Waals surface area contributed by atoms with Crippen molar-refractivity contribution in [2.45, 2.75) is 105 Å². The molecule has 1 heterocycles. The molecule has 0 bridgehead atoms. The fourth-order valence-corrected chi connectivity index (χ4v) is 4.48. The quantitative estimate of drug-likeness (QED) is 0.376. The highest BCUT2D eigenvalue weighted by molar-refractivity contribution is 5.81. The number of likely N-dealkylation sites (tertiary alicyclic amines) is 1. The number of esters is 2. The van der Waals surface area contributed by atoms with Crippen molar-refractivity contribution in [2.24, 2.45) is 11.8 Å². The highest BCUT2D eigenvalue weighted by atomic mass is 16.6. The number of hydrogen-bond donors (Lipinski definition) is 1. The van der Waals surface area contributed by atoms with Crippen LogP contribution in [0.2, 0.25) is 0 Å². The molecule has 0 saturated carbocycles. The summed E-state index contributed by atoms with van der Waals surface area (Å²) in [7, 11) is 1.57. The van der Waals surface area contributed by atoms with E-state index >= 15 is 0 Å². The minimum atomic E-state index is -0.740. The summed E-state index contributed by atoms with van der Waals surface area (Å²) >= 11 is 0. The van der Waals surface area contributed by atoms with Gasteiger partial charge in [-0.25, -0.2) is 0 Å². The van der Waals surface area contributed by atoms with Crippen LogP contribution in [0.5, 0.6) is 0 Å². The third kappa shape index (κ3) is 9.37. The van der Waals surface area contributed by atoms with Crippen LogP contribution in [0.15, 0.2) is 12.2 Å². The molecule has 0 aromatic heterocycles. The van der Waals surface area contributed by atoms with Gasteiger partial charge in [-0.3, -0.25) is 19.3 Å². The molecular weight excluding hydrogens is 436 g/mol. The van der Waals surface area contributed by atoms with Crippen molar-refractivity contribution in [3.05, 3.63) is 12.2 Å². The lowest BCUT2D eigenvalue weighted by molar-refractivity contribution is -0.172. The molecule has 1 rings (SSSR count). The third-order valence-corrected chi connectivity index (χ3v) is 5.73. The monoisotopic (exact) mass is 482 g/mol. The minimum absolute atomic E-state index is 0.0984. The molecule has 1 amide bonds. The summed E-state index contributed by atoms with van der Waals surface area (Å²) in [5, 5.41) is 2.80. The van der Waals surface area contributed by atoms with Crippen molar-refractivity contribution < 1.29 is 28.6 Å². The van der Waals surface area contributed by atoms with E-state index < -0.39 is 35.4 Å². The molecule has 0 spiro atoms. The predicted molar refractivity (Wildman–Crippen MR) is 132 cm³/mol. The van der Waals surface area contributed by atoms with Crippen LogP contribution >= 0.6 is 0 Å². The molecule has 1 aliphatic heterocycles. The maximum atomic E-state index is 13.6. The Morgan fingerprint density at radius 1 is 1.09 bits per heavy atom. The number of allylic oxidation sites excluding steroid dienone is 1. The molecule has 1 aliphatic rings. The summed E-state index contributed by atoms with van der Waals surface area (Å²) < 4.78 is 17.3. The molecule has 0 radical (unpaired) electrons. The van der Waals surface area contributed by atoms with Crippen LogP contribution in [0.25, 0.3) is 0 Å². The molecule has 1 saturated heterocycles. The van der Waals surface area contributed by atoms with Gasteiger partial charge in [0.05, 0.1) is 6.10 Å². The van der Waals surface area contributed by atoms with Gasteiger partial charge in [-0.05, 0) is 67.2 Å². The first-order chi connectivity index (χ1) is 15.6. The van der Waals surface area contributed by atoms with Gasteiger partial charge < -0.3 is 19.5 Å². The molecule has 8 nitrogen and oxygen atoms in total. The highest BCUT2D eigenvalue weighted by Crippen LogP contribution is 2.34. The van der Waals surface area contributed by atoms with E-state index in [9.17, 15) is 14.4 Å². The fraction of sp³-hybridized carbons (Fsp3) is 0.808. The van der Waals surface area contributed by atoms with Crippen molar-refractivity contribution in [2.75, 3.05) is 20.2 Å². The summed E-state index contributed by atoms with van der Waals surface area (Å²) in [6, 6.07) is -1.33. The second-order valence-electron chi connectivity index (χ2n) is 11.0. The summed E-state index contributed by atoms with van der Waals surface area (Å²) in [6.45, 7) is 17.1. The fourth-order valence-electron chi connectivity index (χ4n) is 4.48. The molecule has 34 heavy (non-hydrogen) atoms. The SMILES string of the molecule is CC=CC1CC(C(=O)OC(C)(C)C)N([C@@H](C(=O)OC(C)(C)C)[C@@H](CC)C(CNC(C)=O)OC)C1. The zero-order valence-corrected chi connectivity index (χ0v) is 22.8. The summed E-state index contributed by atoms with van der Waals surface area (Å²) in [6.07, 6.45) is 4.74. The number of ether oxygens (including phenoxy) is 3. The molecule has 3 unspecified atom stereocenters. The average Bonchev–Trinajstić information content (AvgIpc) is 3.08. The van der Waals surface area contributed by atoms with Crippen LogP contribution in [0.3, 0.4) is 0 Å².